The number of furan rings is 1. The van der Waals surface area contributed by atoms with E-state index in [1.54, 1.807) is 0 Å². The van der Waals surface area contributed by atoms with Gasteiger partial charge in [0, 0.05) is 38.4 Å². The maximum Gasteiger partial charge on any atom is 0.227 e. The van der Waals surface area contributed by atoms with Crippen molar-refractivity contribution in [1.82, 2.24) is 19.9 Å². The molecule has 0 radical (unpaired) electrons. The molecule has 6 nitrogen and oxygen atoms in total. The molecule has 8 aromatic carbocycles. The molecule has 252 valence electrons. The van der Waals surface area contributed by atoms with Gasteiger partial charge in [0.2, 0.25) is 5.89 Å². The quantitative estimate of drug-likeness (QED) is 0.167. The summed E-state index contributed by atoms with van der Waals surface area (Å²) in [4.78, 5) is 20.3. The van der Waals surface area contributed by atoms with E-state index in [4.69, 9.17) is 28.8 Å². The van der Waals surface area contributed by atoms with Gasteiger partial charge in [-0.25, -0.2) is 19.9 Å². The van der Waals surface area contributed by atoms with E-state index in [2.05, 4.69) is 97.1 Å². The summed E-state index contributed by atoms with van der Waals surface area (Å²) in [6.07, 6.45) is 0. The van der Waals surface area contributed by atoms with E-state index in [0.717, 1.165) is 88.0 Å². The fourth-order valence-electron chi connectivity index (χ4n) is 7.52. The summed E-state index contributed by atoms with van der Waals surface area (Å²) in [7, 11) is 0. The summed E-state index contributed by atoms with van der Waals surface area (Å²) in [5, 5.41) is 6.17. The average Bonchev–Trinajstić information content (AvgIpc) is 3.86. The predicted molar refractivity (Wildman–Crippen MR) is 217 cm³/mol. The first-order valence-corrected chi connectivity index (χ1v) is 17.9. The van der Waals surface area contributed by atoms with Gasteiger partial charge in [-0.15, -0.1) is 0 Å². The van der Waals surface area contributed by atoms with Gasteiger partial charge in [-0.2, -0.15) is 0 Å². The van der Waals surface area contributed by atoms with Crippen LogP contribution in [-0.4, -0.2) is 19.9 Å². The van der Waals surface area contributed by atoms with Crippen LogP contribution < -0.4 is 0 Å². The van der Waals surface area contributed by atoms with Crippen molar-refractivity contribution in [3.63, 3.8) is 0 Å². The largest absolute Gasteiger partial charge is 0.456 e. The standard InChI is InChI=1S/C48H28N4O2/c1-3-10-29(11-4-1)30-18-23-33(24-19-30)45-50-46(52-47(51-45)37-15-9-17-41-43(37)36-14-7-8-16-40(36)53-41)35-25-21-31-20-22-32-26-27-39-44(42(32)38(31)28-35)54-48(49-39)34-12-5-2-6-13-34/h1-28H. The van der Waals surface area contributed by atoms with Gasteiger partial charge in [0.15, 0.2) is 23.1 Å². The molecular weight excluding hydrogens is 665 g/mol. The number of benzene rings is 8. The second-order valence-electron chi connectivity index (χ2n) is 13.4. The summed E-state index contributed by atoms with van der Waals surface area (Å²) in [6, 6.07) is 57.7. The van der Waals surface area contributed by atoms with Gasteiger partial charge in [0.05, 0.1) is 0 Å². The highest BCUT2D eigenvalue weighted by Crippen LogP contribution is 2.39. The lowest BCUT2D eigenvalue weighted by Crippen LogP contribution is -2.00. The van der Waals surface area contributed by atoms with E-state index >= 15 is 0 Å². The van der Waals surface area contributed by atoms with E-state index in [-0.39, 0.29) is 0 Å². The Kier molecular flexibility index (Phi) is 6.75. The van der Waals surface area contributed by atoms with Crippen molar-refractivity contribution in [2.24, 2.45) is 0 Å². The van der Waals surface area contributed by atoms with Gasteiger partial charge in [-0.1, -0.05) is 133 Å². The van der Waals surface area contributed by atoms with Crippen molar-refractivity contribution in [2.45, 2.75) is 0 Å². The molecule has 11 rings (SSSR count). The summed E-state index contributed by atoms with van der Waals surface area (Å²) in [6.45, 7) is 0. The first-order valence-electron chi connectivity index (χ1n) is 17.9. The van der Waals surface area contributed by atoms with Crippen molar-refractivity contribution in [3.05, 3.63) is 170 Å². The van der Waals surface area contributed by atoms with E-state index in [1.807, 2.05) is 72.8 Å². The third-order valence-electron chi connectivity index (χ3n) is 10.2. The van der Waals surface area contributed by atoms with Crippen molar-refractivity contribution in [1.29, 1.82) is 0 Å². The Morgan fingerprint density at radius 3 is 1.80 bits per heavy atom. The minimum absolute atomic E-state index is 0.570. The number of hydrogen-bond acceptors (Lipinski definition) is 6. The van der Waals surface area contributed by atoms with Crippen LogP contribution in [0, 0.1) is 0 Å². The van der Waals surface area contributed by atoms with Crippen molar-refractivity contribution >= 4 is 54.6 Å². The molecule has 0 N–H and O–H groups in total. The van der Waals surface area contributed by atoms with Crippen LogP contribution in [0.15, 0.2) is 179 Å². The van der Waals surface area contributed by atoms with Gasteiger partial charge in [-0.3, -0.25) is 0 Å². The molecule has 54 heavy (non-hydrogen) atoms. The average molecular weight is 693 g/mol. The Balaban J connectivity index is 1.13. The molecule has 0 atom stereocenters. The maximum absolute atomic E-state index is 6.52. The lowest BCUT2D eigenvalue weighted by atomic mass is 9.99. The Labute approximate surface area is 309 Å². The molecule has 3 aromatic heterocycles. The Bertz CT molecular complexity index is 3200. The lowest BCUT2D eigenvalue weighted by molar-refractivity contribution is 0.623. The maximum atomic E-state index is 6.52. The van der Waals surface area contributed by atoms with E-state index in [0.29, 0.717) is 23.4 Å². The Morgan fingerprint density at radius 2 is 0.963 bits per heavy atom. The molecule has 11 aromatic rings. The molecule has 3 heterocycles. The number of nitrogens with zero attached hydrogens (tertiary/aromatic N) is 4. The molecule has 0 unspecified atom stereocenters. The minimum atomic E-state index is 0.570. The Hall–Kier alpha value is -7.44. The van der Waals surface area contributed by atoms with Gasteiger partial charge >= 0.3 is 0 Å². The summed E-state index contributed by atoms with van der Waals surface area (Å²) in [5.74, 6) is 2.32. The lowest BCUT2D eigenvalue weighted by Gasteiger charge is -2.11. The Morgan fingerprint density at radius 1 is 0.352 bits per heavy atom. The number of fused-ring (bicyclic) bond motifs is 8. The fraction of sp³-hybridized carbons (Fsp3) is 0. The molecule has 0 fully saturated rings. The topological polar surface area (TPSA) is 77.8 Å². The molecule has 0 saturated carbocycles. The molecule has 0 aliphatic rings. The van der Waals surface area contributed by atoms with Crippen LogP contribution >= 0.6 is 0 Å². The highest BCUT2D eigenvalue weighted by molar-refractivity contribution is 6.18. The SMILES string of the molecule is c1ccc(-c2ccc(-c3nc(-c4ccc5ccc6ccc7nc(-c8ccccc8)oc7c6c5c4)nc(-c4cccc5oc6ccccc6c45)n3)cc2)cc1. The zero-order chi connectivity index (χ0) is 35.6. The van der Waals surface area contributed by atoms with Crippen LogP contribution in [0.2, 0.25) is 0 Å². The molecule has 0 aliphatic carbocycles. The highest BCUT2D eigenvalue weighted by atomic mass is 16.3. The summed E-state index contributed by atoms with van der Waals surface area (Å²) < 4.78 is 12.8. The monoisotopic (exact) mass is 692 g/mol. The fourth-order valence-corrected chi connectivity index (χ4v) is 7.52. The van der Waals surface area contributed by atoms with Crippen LogP contribution in [0.3, 0.4) is 0 Å². The van der Waals surface area contributed by atoms with Crippen LogP contribution in [0.4, 0.5) is 0 Å². The van der Waals surface area contributed by atoms with Crippen LogP contribution in [-0.2, 0) is 0 Å². The second-order valence-corrected chi connectivity index (χ2v) is 13.4. The smallest absolute Gasteiger partial charge is 0.227 e. The van der Waals surface area contributed by atoms with Crippen molar-refractivity contribution in [2.75, 3.05) is 0 Å². The normalized spacial score (nSPS) is 11.7. The first kappa shape index (κ1) is 30.2. The number of oxazole rings is 1. The third kappa shape index (κ3) is 4.96. The highest BCUT2D eigenvalue weighted by Gasteiger charge is 2.19. The number of aromatic nitrogens is 4. The molecule has 6 heteroatoms. The van der Waals surface area contributed by atoms with Crippen molar-refractivity contribution < 1.29 is 8.83 Å². The molecule has 0 spiro atoms. The van der Waals surface area contributed by atoms with Crippen LogP contribution in [0.25, 0.3) is 111 Å². The zero-order valence-electron chi connectivity index (χ0n) is 28.8. The molecular formula is C48H28N4O2. The third-order valence-corrected chi connectivity index (χ3v) is 10.2. The molecule has 0 aliphatic heterocycles. The molecule has 0 bridgehead atoms. The van der Waals surface area contributed by atoms with E-state index < -0.39 is 0 Å². The summed E-state index contributed by atoms with van der Waals surface area (Å²) in [5.41, 5.74) is 9.02. The summed E-state index contributed by atoms with van der Waals surface area (Å²) >= 11 is 0. The van der Waals surface area contributed by atoms with Gasteiger partial charge in [-0.05, 0) is 63.7 Å². The van der Waals surface area contributed by atoms with Crippen LogP contribution in [0.1, 0.15) is 0 Å². The number of hydrogen-bond donors (Lipinski definition) is 0. The minimum Gasteiger partial charge on any atom is -0.456 e. The van der Waals surface area contributed by atoms with Gasteiger partial charge in [0.1, 0.15) is 16.7 Å². The van der Waals surface area contributed by atoms with Crippen molar-refractivity contribution in [3.8, 4) is 56.7 Å². The van der Waals surface area contributed by atoms with E-state index in [1.165, 1.54) is 0 Å². The van der Waals surface area contributed by atoms with Gasteiger partial charge < -0.3 is 8.83 Å². The number of rotatable bonds is 5. The predicted octanol–water partition coefficient (Wildman–Crippen LogP) is 12.6. The molecule has 0 saturated heterocycles. The second kappa shape index (κ2) is 12.1. The molecule has 0 amide bonds. The van der Waals surface area contributed by atoms with Crippen LogP contribution in [0.5, 0.6) is 0 Å². The number of para-hydroxylation sites is 1. The zero-order valence-corrected chi connectivity index (χ0v) is 28.8. The first-order chi connectivity index (χ1) is 26.7. The van der Waals surface area contributed by atoms with E-state index in [9.17, 15) is 0 Å². The van der Waals surface area contributed by atoms with Gasteiger partial charge in [0.25, 0.3) is 0 Å².